The molecule has 0 N–H and O–H groups in total. The summed E-state index contributed by atoms with van der Waals surface area (Å²) >= 11 is 0. The van der Waals surface area contributed by atoms with Gasteiger partial charge in [0.2, 0.25) is 0 Å². The van der Waals surface area contributed by atoms with Crippen molar-refractivity contribution in [3.63, 3.8) is 0 Å². The van der Waals surface area contributed by atoms with Crippen molar-refractivity contribution < 1.29 is 39.9 Å². The van der Waals surface area contributed by atoms with Crippen LogP contribution in [0.3, 0.4) is 0 Å². The van der Waals surface area contributed by atoms with Gasteiger partial charge in [0.1, 0.15) is 28.8 Å². The van der Waals surface area contributed by atoms with Crippen LogP contribution in [0.25, 0.3) is 6.08 Å². The SMILES string of the molecule is C=CC1CCC(C2CCC(/C=C/c3ccc(C(F)(F)Oc4cc(F)c(C(F)(F)F)c(F)c4)c(F)c3)CC2)CC1. The molecule has 0 heterocycles. The molecule has 0 spiro atoms. The molecule has 2 aromatic carbocycles. The molecule has 212 valence electrons. The maximum atomic E-state index is 14.6. The van der Waals surface area contributed by atoms with Gasteiger partial charge in [0.05, 0.1) is 5.56 Å². The van der Waals surface area contributed by atoms with Crippen LogP contribution in [-0.2, 0) is 12.3 Å². The fourth-order valence-corrected chi connectivity index (χ4v) is 5.86. The molecule has 0 radical (unpaired) electrons. The lowest BCUT2D eigenvalue weighted by molar-refractivity contribution is -0.187. The van der Waals surface area contributed by atoms with Crippen LogP contribution in [0.2, 0.25) is 0 Å². The van der Waals surface area contributed by atoms with Crippen LogP contribution in [0.15, 0.2) is 49.1 Å². The zero-order valence-electron chi connectivity index (χ0n) is 21.2. The first-order valence-corrected chi connectivity index (χ1v) is 13.1. The molecule has 0 atom stereocenters. The number of allylic oxidation sites excluding steroid dienone is 2. The summed E-state index contributed by atoms with van der Waals surface area (Å²) in [4.78, 5) is 0. The second-order valence-corrected chi connectivity index (χ2v) is 10.6. The monoisotopic (exact) mass is 558 g/mol. The van der Waals surface area contributed by atoms with Gasteiger partial charge < -0.3 is 4.74 Å². The minimum absolute atomic E-state index is 0.0180. The highest BCUT2D eigenvalue weighted by Gasteiger charge is 2.41. The highest BCUT2D eigenvalue weighted by atomic mass is 19.4. The molecule has 0 bridgehead atoms. The fourth-order valence-electron chi connectivity index (χ4n) is 5.86. The van der Waals surface area contributed by atoms with Crippen molar-refractivity contribution in [3.05, 3.63) is 83.2 Å². The van der Waals surface area contributed by atoms with Crippen molar-refractivity contribution in [2.45, 2.75) is 63.7 Å². The molecule has 2 aliphatic rings. The molecule has 2 fully saturated rings. The van der Waals surface area contributed by atoms with E-state index in [9.17, 15) is 35.1 Å². The van der Waals surface area contributed by atoms with Gasteiger partial charge in [-0.25, -0.2) is 13.2 Å². The van der Waals surface area contributed by atoms with Gasteiger partial charge in [0.15, 0.2) is 0 Å². The van der Waals surface area contributed by atoms with E-state index in [1.165, 1.54) is 31.7 Å². The van der Waals surface area contributed by atoms with Gasteiger partial charge in [-0.05, 0) is 92.7 Å². The molecule has 2 saturated carbocycles. The summed E-state index contributed by atoms with van der Waals surface area (Å²) in [6.45, 7) is 3.90. The van der Waals surface area contributed by atoms with Crippen molar-refractivity contribution in [1.82, 2.24) is 0 Å². The molecule has 2 aliphatic carbocycles. The Morgan fingerprint density at radius 1 is 0.718 bits per heavy atom. The van der Waals surface area contributed by atoms with Gasteiger partial charge in [0, 0.05) is 12.1 Å². The normalized spacial score (nSPS) is 24.6. The van der Waals surface area contributed by atoms with Crippen LogP contribution in [0.1, 0.15) is 68.1 Å². The van der Waals surface area contributed by atoms with Crippen molar-refractivity contribution in [2.24, 2.45) is 23.7 Å². The standard InChI is InChI=1S/C30H30F8O/c1-2-18-5-10-21(11-6-18)22-12-7-19(8-13-22)3-4-20-9-14-24(25(31)15-20)30(37,38)39-23-16-26(32)28(27(33)17-23)29(34,35)36/h2-4,9,14-19,21-22H,1,5-8,10-13H2/b4-3+. The summed E-state index contributed by atoms with van der Waals surface area (Å²) in [5.74, 6) is -4.37. The smallest absolute Gasteiger partial charge is 0.429 e. The van der Waals surface area contributed by atoms with Crippen molar-refractivity contribution in [2.75, 3.05) is 0 Å². The van der Waals surface area contributed by atoms with Crippen LogP contribution in [0.5, 0.6) is 5.75 Å². The first kappa shape index (κ1) is 29.2. The van der Waals surface area contributed by atoms with Crippen LogP contribution in [-0.4, -0.2) is 0 Å². The minimum atomic E-state index is -5.37. The van der Waals surface area contributed by atoms with E-state index in [0.29, 0.717) is 23.3 Å². The first-order chi connectivity index (χ1) is 18.4. The molecule has 2 aromatic rings. The lowest BCUT2D eigenvalue weighted by atomic mass is 9.69. The minimum Gasteiger partial charge on any atom is -0.429 e. The van der Waals surface area contributed by atoms with Crippen LogP contribution < -0.4 is 4.74 Å². The summed E-state index contributed by atoms with van der Waals surface area (Å²) in [5, 5.41) is 0. The molecule has 1 nitrogen and oxygen atoms in total. The van der Waals surface area contributed by atoms with Gasteiger partial charge in [-0.15, -0.1) is 6.58 Å². The predicted octanol–water partition coefficient (Wildman–Crippen LogP) is 10.1. The maximum absolute atomic E-state index is 14.6. The van der Waals surface area contributed by atoms with E-state index in [1.54, 1.807) is 6.08 Å². The second kappa shape index (κ2) is 11.7. The third-order valence-corrected chi connectivity index (χ3v) is 8.05. The number of rotatable bonds is 7. The van der Waals surface area contributed by atoms with Gasteiger partial charge in [0.25, 0.3) is 0 Å². The zero-order valence-corrected chi connectivity index (χ0v) is 21.2. The quantitative estimate of drug-likeness (QED) is 0.243. The van der Waals surface area contributed by atoms with Gasteiger partial charge >= 0.3 is 12.3 Å². The molecule has 4 rings (SSSR count). The topological polar surface area (TPSA) is 9.23 Å². The van der Waals surface area contributed by atoms with E-state index in [0.717, 1.165) is 43.7 Å². The molecule has 0 aromatic heterocycles. The third-order valence-electron chi connectivity index (χ3n) is 8.05. The Morgan fingerprint density at radius 2 is 1.26 bits per heavy atom. The Balaban J connectivity index is 1.36. The average Bonchev–Trinajstić information content (AvgIpc) is 2.86. The van der Waals surface area contributed by atoms with Crippen molar-refractivity contribution in [1.29, 1.82) is 0 Å². The third kappa shape index (κ3) is 7.03. The van der Waals surface area contributed by atoms with E-state index in [1.807, 2.05) is 6.08 Å². The molecule has 0 aliphatic heterocycles. The second-order valence-electron chi connectivity index (χ2n) is 10.6. The van der Waals surface area contributed by atoms with E-state index in [2.05, 4.69) is 17.4 Å². The molecule has 9 heteroatoms. The molecular weight excluding hydrogens is 528 g/mol. The van der Waals surface area contributed by atoms with Crippen LogP contribution in [0, 0.1) is 41.1 Å². The zero-order chi connectivity index (χ0) is 28.4. The summed E-state index contributed by atoms with van der Waals surface area (Å²) in [7, 11) is 0. The van der Waals surface area contributed by atoms with Gasteiger partial charge in [-0.1, -0.05) is 24.3 Å². The Bertz CT molecular complexity index is 1160. The number of alkyl halides is 5. The Morgan fingerprint density at radius 3 is 1.74 bits per heavy atom. The predicted molar refractivity (Wildman–Crippen MR) is 132 cm³/mol. The van der Waals surface area contributed by atoms with E-state index in [4.69, 9.17) is 0 Å². The average molecular weight is 559 g/mol. The first-order valence-electron chi connectivity index (χ1n) is 13.1. The van der Waals surface area contributed by atoms with Crippen molar-refractivity contribution in [3.8, 4) is 5.75 Å². The fraction of sp³-hybridized carbons (Fsp3) is 0.467. The Kier molecular flexibility index (Phi) is 8.76. The highest BCUT2D eigenvalue weighted by molar-refractivity contribution is 5.50. The number of ether oxygens (including phenoxy) is 1. The molecule has 0 saturated heterocycles. The molecular formula is C30H30F8O. The largest absolute Gasteiger partial charge is 0.429 e. The maximum Gasteiger partial charge on any atom is 0.429 e. The lowest BCUT2D eigenvalue weighted by Crippen LogP contribution is -2.25. The summed E-state index contributed by atoms with van der Waals surface area (Å²) < 4.78 is 114. The number of hydrogen-bond acceptors (Lipinski definition) is 1. The Labute approximate surface area is 222 Å². The lowest BCUT2D eigenvalue weighted by Gasteiger charge is -2.36. The number of halogens is 8. The summed E-state index contributed by atoms with van der Waals surface area (Å²) in [5.41, 5.74) is -3.10. The number of benzene rings is 2. The van der Waals surface area contributed by atoms with Crippen LogP contribution >= 0.6 is 0 Å². The molecule has 39 heavy (non-hydrogen) atoms. The summed E-state index contributed by atoms with van der Waals surface area (Å²) in [6.07, 6.45) is 5.09. The Hall–Kier alpha value is -2.84. The van der Waals surface area contributed by atoms with E-state index < -0.39 is 46.6 Å². The summed E-state index contributed by atoms with van der Waals surface area (Å²) in [6, 6.07) is 2.89. The highest BCUT2D eigenvalue weighted by Crippen LogP contribution is 2.42. The van der Waals surface area contributed by atoms with Gasteiger partial charge in [-0.3, -0.25) is 0 Å². The van der Waals surface area contributed by atoms with Gasteiger partial charge in [-0.2, -0.15) is 22.0 Å². The molecule has 0 unspecified atom stereocenters. The molecule has 0 amide bonds. The van der Waals surface area contributed by atoms with Crippen LogP contribution in [0.4, 0.5) is 35.1 Å². The van der Waals surface area contributed by atoms with E-state index in [-0.39, 0.29) is 12.1 Å². The van der Waals surface area contributed by atoms with E-state index >= 15 is 0 Å². The number of hydrogen-bond donors (Lipinski definition) is 0. The van der Waals surface area contributed by atoms with Crippen molar-refractivity contribution >= 4 is 6.08 Å².